The van der Waals surface area contributed by atoms with Crippen molar-refractivity contribution in [3.63, 3.8) is 0 Å². The summed E-state index contributed by atoms with van der Waals surface area (Å²) >= 11 is 0. The molecule has 1 N–H and O–H groups in total. The molecule has 0 bridgehead atoms. The van der Waals surface area contributed by atoms with Gasteiger partial charge in [0.25, 0.3) is 0 Å². The Morgan fingerprint density at radius 1 is 1.46 bits per heavy atom. The van der Waals surface area contributed by atoms with Crippen LogP contribution in [0, 0.1) is 5.92 Å². The van der Waals surface area contributed by atoms with Gasteiger partial charge in [0.1, 0.15) is 7.28 Å². The molecule has 1 nitrogen and oxygen atoms in total. The number of rotatable bonds is 4. The largest absolute Gasteiger partial charge is 0.394 e. The van der Waals surface area contributed by atoms with Gasteiger partial charge in [-0.1, -0.05) is 33.2 Å². The first kappa shape index (κ1) is 10.7. The normalized spacial score (nSPS) is 27.8. The maximum atomic E-state index is 3.98. The third-order valence-corrected chi connectivity index (χ3v) is 3.03. The second-order valence-corrected chi connectivity index (χ2v) is 4.03. The van der Waals surface area contributed by atoms with Crippen LogP contribution in [0.5, 0.6) is 0 Å². The minimum absolute atomic E-state index is 0.593. The SMILES string of the molecule is C=C(CC)NC1[B]CC(CC)CC1. The lowest BCUT2D eigenvalue weighted by molar-refractivity contribution is 0.443. The zero-order valence-electron chi connectivity index (χ0n) is 8.97. The summed E-state index contributed by atoms with van der Waals surface area (Å²) in [7, 11) is 2.43. The van der Waals surface area contributed by atoms with Crippen LogP contribution < -0.4 is 5.32 Å². The number of hydrogen-bond donors (Lipinski definition) is 1. The van der Waals surface area contributed by atoms with Crippen molar-refractivity contribution < 1.29 is 0 Å². The van der Waals surface area contributed by atoms with E-state index in [1.807, 2.05) is 0 Å². The van der Waals surface area contributed by atoms with Crippen molar-refractivity contribution in [3.8, 4) is 0 Å². The zero-order chi connectivity index (χ0) is 9.68. The van der Waals surface area contributed by atoms with Crippen molar-refractivity contribution in [2.45, 2.75) is 51.8 Å². The van der Waals surface area contributed by atoms with E-state index < -0.39 is 0 Å². The first-order valence-electron chi connectivity index (χ1n) is 5.53. The van der Waals surface area contributed by atoms with Crippen LogP contribution in [0.4, 0.5) is 0 Å². The highest BCUT2D eigenvalue weighted by Crippen LogP contribution is 2.23. The van der Waals surface area contributed by atoms with Crippen molar-refractivity contribution in [1.29, 1.82) is 0 Å². The van der Waals surface area contributed by atoms with Crippen molar-refractivity contribution >= 4 is 7.28 Å². The molecule has 2 heteroatoms. The van der Waals surface area contributed by atoms with E-state index in [0.29, 0.717) is 5.94 Å². The fourth-order valence-corrected chi connectivity index (χ4v) is 1.87. The molecule has 0 amide bonds. The summed E-state index contributed by atoms with van der Waals surface area (Å²) in [5.41, 5.74) is 1.18. The Bertz CT molecular complexity index is 159. The van der Waals surface area contributed by atoms with Crippen molar-refractivity contribution in [2.75, 3.05) is 0 Å². The number of allylic oxidation sites excluding steroid dienone is 1. The molecule has 73 valence electrons. The molecule has 1 radical (unpaired) electrons. The van der Waals surface area contributed by atoms with Gasteiger partial charge < -0.3 is 5.32 Å². The van der Waals surface area contributed by atoms with Crippen LogP contribution in [0.2, 0.25) is 6.32 Å². The Balaban J connectivity index is 2.21. The highest BCUT2D eigenvalue weighted by atomic mass is 14.9. The molecule has 0 aromatic rings. The van der Waals surface area contributed by atoms with Gasteiger partial charge in [-0.2, -0.15) is 0 Å². The average Bonchev–Trinajstić information content (AvgIpc) is 2.19. The minimum atomic E-state index is 0.593. The molecule has 1 fully saturated rings. The van der Waals surface area contributed by atoms with Gasteiger partial charge in [0.05, 0.1) is 0 Å². The molecule has 1 aliphatic heterocycles. The summed E-state index contributed by atoms with van der Waals surface area (Å²) in [6.45, 7) is 8.41. The van der Waals surface area contributed by atoms with E-state index >= 15 is 0 Å². The molecule has 0 aromatic carbocycles. The molecular weight excluding hydrogens is 157 g/mol. The second-order valence-electron chi connectivity index (χ2n) is 4.03. The van der Waals surface area contributed by atoms with Crippen LogP contribution in [0.25, 0.3) is 0 Å². The fourth-order valence-electron chi connectivity index (χ4n) is 1.87. The summed E-state index contributed by atoms with van der Waals surface area (Å²) in [6.07, 6.45) is 6.32. The highest BCUT2D eigenvalue weighted by molar-refractivity contribution is 6.38. The van der Waals surface area contributed by atoms with E-state index in [2.05, 4.69) is 33.0 Å². The average molecular weight is 178 g/mol. The summed E-state index contributed by atoms with van der Waals surface area (Å²) < 4.78 is 0. The van der Waals surface area contributed by atoms with Gasteiger partial charge in [-0.3, -0.25) is 0 Å². The fraction of sp³-hybridized carbons (Fsp3) is 0.818. The molecule has 1 aliphatic rings. The highest BCUT2D eigenvalue weighted by Gasteiger charge is 2.20. The lowest BCUT2D eigenvalue weighted by atomic mass is 9.56. The molecule has 2 unspecified atom stereocenters. The van der Waals surface area contributed by atoms with Gasteiger partial charge in [-0.25, -0.2) is 0 Å². The predicted molar refractivity (Wildman–Crippen MR) is 59.9 cm³/mol. The van der Waals surface area contributed by atoms with Crippen molar-refractivity contribution in [1.82, 2.24) is 5.32 Å². The standard InChI is InChI=1S/C11H21BN/c1-4-9(3)13-11-7-6-10(5-2)8-12-11/h10-11,13H,3-8H2,1-2H3. The smallest absolute Gasteiger partial charge is 0.140 e. The van der Waals surface area contributed by atoms with Gasteiger partial charge in [-0.15, -0.1) is 0 Å². The topological polar surface area (TPSA) is 12.0 Å². The summed E-state index contributed by atoms with van der Waals surface area (Å²) in [4.78, 5) is 0. The quantitative estimate of drug-likeness (QED) is 0.652. The van der Waals surface area contributed by atoms with Crippen LogP contribution in [0.3, 0.4) is 0 Å². The molecular formula is C11H21BN. The third-order valence-electron chi connectivity index (χ3n) is 3.03. The lowest BCUT2D eigenvalue weighted by Gasteiger charge is -2.28. The minimum Gasteiger partial charge on any atom is -0.394 e. The van der Waals surface area contributed by atoms with Crippen LogP contribution >= 0.6 is 0 Å². The zero-order valence-corrected chi connectivity index (χ0v) is 8.97. The maximum absolute atomic E-state index is 3.98. The van der Waals surface area contributed by atoms with Crippen LogP contribution in [0.1, 0.15) is 39.5 Å². The summed E-state index contributed by atoms with van der Waals surface area (Å²) in [6, 6.07) is 0. The van der Waals surface area contributed by atoms with Crippen LogP contribution in [-0.4, -0.2) is 13.2 Å². The van der Waals surface area contributed by atoms with Gasteiger partial charge in [0, 0.05) is 5.70 Å². The van der Waals surface area contributed by atoms with Gasteiger partial charge >= 0.3 is 0 Å². The Kier molecular flexibility index (Phi) is 4.40. The summed E-state index contributed by atoms with van der Waals surface area (Å²) in [5.74, 6) is 1.53. The third kappa shape index (κ3) is 3.45. The Morgan fingerprint density at radius 3 is 2.69 bits per heavy atom. The first-order valence-corrected chi connectivity index (χ1v) is 5.53. The molecule has 2 atom stereocenters. The summed E-state index contributed by atoms with van der Waals surface area (Å²) in [5, 5.41) is 3.46. The molecule has 1 rings (SSSR count). The van der Waals surface area contributed by atoms with Gasteiger partial charge in [-0.05, 0) is 31.1 Å². The molecule has 0 saturated carbocycles. The van der Waals surface area contributed by atoms with E-state index in [1.54, 1.807) is 0 Å². The monoisotopic (exact) mass is 178 g/mol. The van der Waals surface area contributed by atoms with E-state index in [9.17, 15) is 0 Å². The van der Waals surface area contributed by atoms with E-state index in [1.165, 1.54) is 31.3 Å². The lowest BCUT2D eigenvalue weighted by Crippen LogP contribution is -2.37. The molecule has 0 aliphatic carbocycles. The van der Waals surface area contributed by atoms with Gasteiger partial charge in [0.15, 0.2) is 0 Å². The molecule has 0 aromatic heterocycles. The van der Waals surface area contributed by atoms with Gasteiger partial charge in [0.2, 0.25) is 0 Å². The van der Waals surface area contributed by atoms with Crippen LogP contribution in [0.15, 0.2) is 12.3 Å². The predicted octanol–water partition coefficient (Wildman–Crippen LogP) is 2.77. The van der Waals surface area contributed by atoms with Crippen molar-refractivity contribution in [3.05, 3.63) is 12.3 Å². The Morgan fingerprint density at radius 2 is 2.23 bits per heavy atom. The number of nitrogens with one attached hydrogen (secondary N) is 1. The van der Waals surface area contributed by atoms with E-state index in [0.717, 1.165) is 12.3 Å². The van der Waals surface area contributed by atoms with Crippen molar-refractivity contribution in [2.24, 2.45) is 5.92 Å². The Labute approximate surface area is 83.2 Å². The maximum Gasteiger partial charge on any atom is 0.140 e. The second kappa shape index (κ2) is 5.36. The number of hydrogen-bond acceptors (Lipinski definition) is 1. The Hall–Kier alpha value is -0.395. The van der Waals surface area contributed by atoms with Crippen LogP contribution in [-0.2, 0) is 0 Å². The molecule has 1 heterocycles. The molecule has 0 spiro atoms. The van der Waals surface area contributed by atoms with E-state index in [-0.39, 0.29) is 0 Å². The molecule has 13 heavy (non-hydrogen) atoms. The first-order chi connectivity index (χ1) is 6.26. The van der Waals surface area contributed by atoms with E-state index in [4.69, 9.17) is 0 Å². The molecule has 1 saturated heterocycles.